The molecule has 0 spiro atoms. The molecule has 1 atom stereocenters. The highest BCUT2D eigenvalue weighted by Gasteiger charge is 2.29. The van der Waals surface area contributed by atoms with Crippen LogP contribution in [0.5, 0.6) is 5.88 Å². The second-order valence-electron chi connectivity index (χ2n) is 5.48. The molecule has 8 heteroatoms. The molecule has 2 aromatic heterocycles. The van der Waals surface area contributed by atoms with Crippen molar-refractivity contribution in [2.24, 2.45) is 0 Å². The zero-order valence-electron chi connectivity index (χ0n) is 13.1. The Morgan fingerprint density at radius 3 is 2.70 bits per heavy atom. The number of anilines is 1. The predicted molar refractivity (Wildman–Crippen MR) is 83.3 cm³/mol. The van der Waals surface area contributed by atoms with Crippen molar-refractivity contribution in [3.8, 4) is 5.88 Å². The van der Waals surface area contributed by atoms with Gasteiger partial charge in [-0.25, -0.2) is 9.97 Å². The molecule has 1 aliphatic heterocycles. The van der Waals surface area contributed by atoms with Crippen LogP contribution < -0.4 is 9.64 Å². The van der Waals surface area contributed by atoms with Crippen LogP contribution in [-0.4, -0.2) is 64.3 Å². The third-order valence-electron chi connectivity index (χ3n) is 3.56. The zero-order valence-corrected chi connectivity index (χ0v) is 13.1. The SMILES string of the molecule is CN(C)c1ccc(OC2CCN(C(=O)c3ncccn3)C2)nn1. The first-order valence-electron chi connectivity index (χ1n) is 7.37. The van der Waals surface area contributed by atoms with Crippen molar-refractivity contribution in [3.05, 3.63) is 36.4 Å². The van der Waals surface area contributed by atoms with Gasteiger partial charge in [-0.2, -0.15) is 0 Å². The highest BCUT2D eigenvalue weighted by Crippen LogP contribution is 2.18. The van der Waals surface area contributed by atoms with Crippen molar-refractivity contribution in [1.29, 1.82) is 0 Å². The molecular weight excluding hydrogens is 296 g/mol. The van der Waals surface area contributed by atoms with Gasteiger partial charge in [-0.1, -0.05) is 0 Å². The lowest BCUT2D eigenvalue weighted by Crippen LogP contribution is -2.32. The molecule has 1 unspecified atom stereocenters. The monoisotopic (exact) mass is 314 g/mol. The van der Waals surface area contributed by atoms with Gasteiger partial charge in [-0.3, -0.25) is 4.79 Å². The van der Waals surface area contributed by atoms with Crippen LogP contribution in [0.4, 0.5) is 5.82 Å². The fraction of sp³-hybridized carbons (Fsp3) is 0.400. The molecule has 0 bridgehead atoms. The minimum atomic E-state index is -0.175. The Labute approximate surface area is 134 Å². The van der Waals surface area contributed by atoms with Gasteiger partial charge in [-0.15, -0.1) is 10.2 Å². The van der Waals surface area contributed by atoms with Crippen molar-refractivity contribution in [2.45, 2.75) is 12.5 Å². The maximum Gasteiger partial charge on any atom is 0.291 e. The van der Waals surface area contributed by atoms with Crippen LogP contribution in [0.1, 0.15) is 17.0 Å². The summed E-state index contributed by atoms with van der Waals surface area (Å²) in [6.45, 7) is 1.11. The summed E-state index contributed by atoms with van der Waals surface area (Å²) >= 11 is 0. The van der Waals surface area contributed by atoms with Gasteiger partial charge in [0.2, 0.25) is 11.7 Å². The van der Waals surface area contributed by atoms with E-state index in [0.29, 0.717) is 19.0 Å². The molecule has 0 aromatic carbocycles. The summed E-state index contributed by atoms with van der Waals surface area (Å²) in [5, 5.41) is 8.12. The van der Waals surface area contributed by atoms with Crippen molar-refractivity contribution < 1.29 is 9.53 Å². The standard InChI is InChI=1S/C15H18N6O2/c1-20(2)12-4-5-13(19-18-12)23-11-6-9-21(10-11)15(22)14-16-7-3-8-17-14/h3-5,7-8,11H,6,9-10H2,1-2H3. The van der Waals surface area contributed by atoms with Crippen molar-refractivity contribution in [1.82, 2.24) is 25.1 Å². The predicted octanol–water partition coefficient (Wildman–Crippen LogP) is 0.626. The number of likely N-dealkylation sites (tertiary alicyclic amines) is 1. The fourth-order valence-electron chi connectivity index (χ4n) is 2.34. The van der Waals surface area contributed by atoms with Crippen LogP contribution in [0.2, 0.25) is 0 Å². The Kier molecular flexibility index (Phi) is 4.31. The number of aromatic nitrogens is 4. The van der Waals surface area contributed by atoms with E-state index in [1.807, 2.05) is 25.1 Å². The quantitative estimate of drug-likeness (QED) is 0.818. The van der Waals surface area contributed by atoms with E-state index in [9.17, 15) is 4.79 Å². The molecular formula is C15H18N6O2. The van der Waals surface area contributed by atoms with Crippen LogP contribution in [0, 0.1) is 0 Å². The lowest BCUT2D eigenvalue weighted by atomic mass is 10.3. The first-order valence-corrected chi connectivity index (χ1v) is 7.37. The number of rotatable bonds is 4. The molecule has 23 heavy (non-hydrogen) atoms. The molecule has 120 valence electrons. The van der Waals surface area contributed by atoms with E-state index < -0.39 is 0 Å². The van der Waals surface area contributed by atoms with E-state index in [4.69, 9.17) is 4.74 Å². The molecule has 2 aromatic rings. The van der Waals surface area contributed by atoms with Crippen LogP contribution in [0.25, 0.3) is 0 Å². The minimum absolute atomic E-state index is 0.0952. The van der Waals surface area contributed by atoms with Crippen molar-refractivity contribution in [3.63, 3.8) is 0 Å². The van der Waals surface area contributed by atoms with Gasteiger partial charge in [0.25, 0.3) is 5.91 Å². The van der Waals surface area contributed by atoms with Crippen LogP contribution in [-0.2, 0) is 0 Å². The number of carbonyl (C=O) groups is 1. The minimum Gasteiger partial charge on any atom is -0.471 e. The highest BCUT2D eigenvalue weighted by atomic mass is 16.5. The first kappa shape index (κ1) is 15.1. The number of hydrogen-bond donors (Lipinski definition) is 0. The second-order valence-corrected chi connectivity index (χ2v) is 5.48. The average Bonchev–Trinajstić information content (AvgIpc) is 3.04. The Bertz CT molecular complexity index is 661. The average molecular weight is 314 g/mol. The summed E-state index contributed by atoms with van der Waals surface area (Å²) in [6.07, 6.45) is 3.77. The summed E-state index contributed by atoms with van der Waals surface area (Å²) in [7, 11) is 3.80. The van der Waals surface area contributed by atoms with E-state index in [-0.39, 0.29) is 17.8 Å². The van der Waals surface area contributed by atoms with Gasteiger partial charge < -0.3 is 14.5 Å². The van der Waals surface area contributed by atoms with E-state index in [1.165, 1.54) is 0 Å². The van der Waals surface area contributed by atoms with Gasteiger partial charge in [0, 0.05) is 45.5 Å². The molecule has 0 aliphatic carbocycles. The summed E-state index contributed by atoms with van der Waals surface area (Å²) < 4.78 is 5.80. The maximum absolute atomic E-state index is 12.3. The maximum atomic E-state index is 12.3. The summed E-state index contributed by atoms with van der Waals surface area (Å²) in [4.78, 5) is 23.8. The molecule has 0 saturated carbocycles. The lowest BCUT2D eigenvalue weighted by molar-refractivity contribution is 0.0759. The molecule has 1 amide bonds. The fourth-order valence-corrected chi connectivity index (χ4v) is 2.34. The zero-order chi connectivity index (χ0) is 16.2. The molecule has 1 aliphatic rings. The first-order chi connectivity index (χ1) is 11.1. The normalized spacial score (nSPS) is 17.1. The number of hydrogen-bond acceptors (Lipinski definition) is 7. The summed E-state index contributed by atoms with van der Waals surface area (Å²) in [5.41, 5.74) is 0. The highest BCUT2D eigenvalue weighted by molar-refractivity contribution is 5.90. The summed E-state index contributed by atoms with van der Waals surface area (Å²) in [6, 6.07) is 5.31. The van der Waals surface area contributed by atoms with Gasteiger partial charge in [0.1, 0.15) is 6.10 Å². The van der Waals surface area contributed by atoms with Gasteiger partial charge in [0.15, 0.2) is 5.82 Å². The van der Waals surface area contributed by atoms with E-state index in [0.717, 1.165) is 12.2 Å². The van der Waals surface area contributed by atoms with E-state index in [1.54, 1.807) is 29.4 Å². The van der Waals surface area contributed by atoms with E-state index in [2.05, 4.69) is 20.2 Å². The number of ether oxygens (including phenoxy) is 1. The van der Waals surface area contributed by atoms with Gasteiger partial charge in [-0.05, 0) is 12.1 Å². The van der Waals surface area contributed by atoms with Crippen molar-refractivity contribution in [2.75, 3.05) is 32.1 Å². The smallest absolute Gasteiger partial charge is 0.291 e. The third kappa shape index (κ3) is 3.53. The molecule has 3 rings (SSSR count). The Hall–Kier alpha value is -2.77. The molecule has 3 heterocycles. The molecule has 0 N–H and O–H groups in total. The number of carbonyl (C=O) groups excluding carboxylic acids is 1. The second kappa shape index (κ2) is 6.55. The molecule has 0 radical (unpaired) electrons. The largest absolute Gasteiger partial charge is 0.471 e. The molecule has 1 fully saturated rings. The third-order valence-corrected chi connectivity index (χ3v) is 3.56. The number of nitrogens with zero attached hydrogens (tertiary/aromatic N) is 6. The molecule has 1 saturated heterocycles. The Balaban J connectivity index is 1.58. The Morgan fingerprint density at radius 1 is 1.26 bits per heavy atom. The number of amides is 1. The Morgan fingerprint density at radius 2 is 2.04 bits per heavy atom. The molecule has 8 nitrogen and oxygen atoms in total. The van der Waals surface area contributed by atoms with Crippen molar-refractivity contribution >= 4 is 11.7 Å². The van der Waals surface area contributed by atoms with Crippen LogP contribution in [0.15, 0.2) is 30.6 Å². The summed E-state index contributed by atoms with van der Waals surface area (Å²) in [5.74, 6) is 1.27. The topological polar surface area (TPSA) is 84.3 Å². The lowest BCUT2D eigenvalue weighted by Gasteiger charge is -2.16. The van der Waals surface area contributed by atoms with Crippen LogP contribution >= 0.6 is 0 Å². The van der Waals surface area contributed by atoms with Crippen LogP contribution in [0.3, 0.4) is 0 Å². The van der Waals surface area contributed by atoms with Gasteiger partial charge >= 0.3 is 0 Å². The van der Waals surface area contributed by atoms with Gasteiger partial charge in [0.05, 0.1) is 6.54 Å². The van der Waals surface area contributed by atoms with E-state index >= 15 is 0 Å².